The summed E-state index contributed by atoms with van der Waals surface area (Å²) in [7, 11) is 7.54. The van der Waals surface area contributed by atoms with Gasteiger partial charge < -0.3 is 19.7 Å². The molecule has 0 amide bonds. The van der Waals surface area contributed by atoms with Gasteiger partial charge in [0.1, 0.15) is 11.5 Å². The lowest BCUT2D eigenvalue weighted by atomic mass is 10.1. The molecule has 0 spiro atoms. The zero-order valence-corrected chi connectivity index (χ0v) is 12.5. The molecule has 0 aromatic heterocycles. The Labute approximate surface area is 116 Å². The SMILES string of the molecule is CNCCCN(C)CCc1cc(OC)ccc1OC. The predicted molar refractivity (Wildman–Crippen MR) is 79.3 cm³/mol. The Kier molecular flexibility index (Phi) is 7.30. The first-order valence-corrected chi connectivity index (χ1v) is 6.75. The Morgan fingerprint density at radius 3 is 2.58 bits per heavy atom. The third-order valence-corrected chi connectivity index (χ3v) is 3.22. The third kappa shape index (κ3) is 5.49. The highest BCUT2D eigenvalue weighted by Crippen LogP contribution is 2.24. The molecule has 4 heteroatoms. The number of rotatable bonds is 9. The van der Waals surface area contributed by atoms with Crippen molar-refractivity contribution < 1.29 is 9.47 Å². The molecule has 0 bridgehead atoms. The van der Waals surface area contributed by atoms with Crippen LogP contribution in [-0.4, -0.2) is 52.8 Å². The maximum absolute atomic E-state index is 5.39. The summed E-state index contributed by atoms with van der Waals surface area (Å²) in [6.07, 6.45) is 2.14. The molecule has 1 rings (SSSR count). The molecule has 1 N–H and O–H groups in total. The number of hydrogen-bond acceptors (Lipinski definition) is 4. The van der Waals surface area contributed by atoms with E-state index >= 15 is 0 Å². The fraction of sp³-hybridized carbons (Fsp3) is 0.600. The molecule has 108 valence electrons. The highest BCUT2D eigenvalue weighted by molar-refractivity contribution is 5.40. The topological polar surface area (TPSA) is 33.7 Å². The second-order valence-electron chi connectivity index (χ2n) is 4.69. The molecule has 0 radical (unpaired) electrons. The monoisotopic (exact) mass is 266 g/mol. The molecule has 0 aliphatic rings. The van der Waals surface area contributed by atoms with Gasteiger partial charge in [0, 0.05) is 6.54 Å². The van der Waals surface area contributed by atoms with Crippen LogP contribution in [0.2, 0.25) is 0 Å². The van der Waals surface area contributed by atoms with Gasteiger partial charge >= 0.3 is 0 Å². The van der Waals surface area contributed by atoms with Gasteiger partial charge in [-0.25, -0.2) is 0 Å². The van der Waals surface area contributed by atoms with E-state index in [1.807, 2.05) is 19.2 Å². The van der Waals surface area contributed by atoms with Crippen molar-refractivity contribution >= 4 is 0 Å². The fourth-order valence-corrected chi connectivity index (χ4v) is 2.03. The first kappa shape index (κ1) is 15.8. The first-order valence-electron chi connectivity index (χ1n) is 6.75. The van der Waals surface area contributed by atoms with Gasteiger partial charge in [0.2, 0.25) is 0 Å². The van der Waals surface area contributed by atoms with Crippen molar-refractivity contribution in [2.45, 2.75) is 12.8 Å². The summed E-state index contributed by atoms with van der Waals surface area (Å²) in [5.41, 5.74) is 1.20. The highest BCUT2D eigenvalue weighted by Gasteiger charge is 2.06. The molecule has 19 heavy (non-hydrogen) atoms. The summed E-state index contributed by atoms with van der Waals surface area (Å²) in [6, 6.07) is 5.95. The van der Waals surface area contributed by atoms with Gasteiger partial charge in [0.05, 0.1) is 14.2 Å². The smallest absolute Gasteiger partial charge is 0.122 e. The zero-order chi connectivity index (χ0) is 14.1. The number of nitrogens with one attached hydrogen (secondary N) is 1. The summed E-state index contributed by atoms with van der Waals surface area (Å²) in [4.78, 5) is 2.34. The highest BCUT2D eigenvalue weighted by atomic mass is 16.5. The van der Waals surface area contributed by atoms with E-state index < -0.39 is 0 Å². The van der Waals surface area contributed by atoms with E-state index in [2.05, 4.69) is 23.3 Å². The second kappa shape index (κ2) is 8.77. The molecular formula is C15H26N2O2. The molecule has 0 aliphatic heterocycles. The average Bonchev–Trinajstić information content (AvgIpc) is 2.45. The van der Waals surface area contributed by atoms with Gasteiger partial charge in [-0.2, -0.15) is 0 Å². The van der Waals surface area contributed by atoms with Crippen molar-refractivity contribution in [3.8, 4) is 11.5 Å². The van der Waals surface area contributed by atoms with Crippen LogP contribution >= 0.6 is 0 Å². The summed E-state index contributed by atoms with van der Waals surface area (Å²) in [5, 5.41) is 3.17. The standard InChI is InChI=1S/C15H26N2O2/c1-16-9-5-10-17(2)11-8-13-12-14(18-3)6-7-15(13)19-4/h6-7,12,16H,5,8-11H2,1-4H3. The minimum absolute atomic E-state index is 0.883. The lowest BCUT2D eigenvalue weighted by Gasteiger charge is -2.17. The van der Waals surface area contributed by atoms with E-state index in [9.17, 15) is 0 Å². The second-order valence-corrected chi connectivity index (χ2v) is 4.69. The number of methoxy groups -OCH3 is 2. The van der Waals surface area contributed by atoms with E-state index in [0.717, 1.165) is 37.6 Å². The van der Waals surface area contributed by atoms with Gasteiger partial charge in [-0.3, -0.25) is 0 Å². The van der Waals surface area contributed by atoms with Crippen LogP contribution in [0.3, 0.4) is 0 Å². The molecule has 0 heterocycles. The van der Waals surface area contributed by atoms with Crippen LogP contribution in [0.1, 0.15) is 12.0 Å². The Morgan fingerprint density at radius 1 is 1.16 bits per heavy atom. The summed E-state index contributed by atoms with van der Waals surface area (Å²) in [6.45, 7) is 3.19. The van der Waals surface area contributed by atoms with Crippen LogP contribution in [-0.2, 0) is 6.42 Å². The number of likely N-dealkylation sites (N-methyl/N-ethyl adjacent to an activating group) is 1. The minimum atomic E-state index is 0.883. The van der Waals surface area contributed by atoms with Crippen LogP contribution in [0.25, 0.3) is 0 Å². The molecule has 0 aliphatic carbocycles. The molecule has 0 saturated heterocycles. The van der Waals surface area contributed by atoms with Crippen LogP contribution in [0.5, 0.6) is 11.5 Å². The quantitative estimate of drug-likeness (QED) is 0.691. The van der Waals surface area contributed by atoms with E-state index in [0.29, 0.717) is 0 Å². The van der Waals surface area contributed by atoms with Crippen molar-refractivity contribution in [2.24, 2.45) is 0 Å². The summed E-state index contributed by atoms with van der Waals surface area (Å²) in [5.74, 6) is 1.82. The van der Waals surface area contributed by atoms with E-state index in [1.54, 1.807) is 14.2 Å². The molecule has 0 fully saturated rings. The summed E-state index contributed by atoms with van der Waals surface area (Å²) >= 11 is 0. The normalized spacial score (nSPS) is 10.8. The van der Waals surface area contributed by atoms with Gasteiger partial charge in [0.25, 0.3) is 0 Å². The first-order chi connectivity index (χ1) is 9.21. The molecule has 1 aromatic carbocycles. The maximum Gasteiger partial charge on any atom is 0.122 e. The molecule has 0 saturated carbocycles. The van der Waals surface area contributed by atoms with Crippen molar-refractivity contribution in [1.29, 1.82) is 0 Å². The Bertz CT molecular complexity index is 369. The lowest BCUT2D eigenvalue weighted by Crippen LogP contribution is -2.25. The number of hydrogen-bond donors (Lipinski definition) is 1. The van der Waals surface area contributed by atoms with Crippen LogP contribution in [0.15, 0.2) is 18.2 Å². The Morgan fingerprint density at radius 2 is 1.95 bits per heavy atom. The fourth-order valence-electron chi connectivity index (χ4n) is 2.03. The molecule has 0 atom stereocenters. The predicted octanol–water partition coefficient (Wildman–Crippen LogP) is 1.79. The Hall–Kier alpha value is -1.26. The number of benzene rings is 1. The van der Waals surface area contributed by atoms with Crippen molar-refractivity contribution in [3.63, 3.8) is 0 Å². The zero-order valence-electron chi connectivity index (χ0n) is 12.5. The van der Waals surface area contributed by atoms with E-state index in [-0.39, 0.29) is 0 Å². The van der Waals surface area contributed by atoms with Gasteiger partial charge in [0.15, 0.2) is 0 Å². The van der Waals surface area contributed by atoms with Crippen LogP contribution < -0.4 is 14.8 Å². The molecule has 0 unspecified atom stereocenters. The number of ether oxygens (including phenoxy) is 2. The van der Waals surface area contributed by atoms with Gasteiger partial charge in [-0.05, 0) is 63.8 Å². The van der Waals surface area contributed by atoms with E-state index in [1.165, 1.54) is 12.0 Å². The number of nitrogens with zero attached hydrogens (tertiary/aromatic N) is 1. The van der Waals surface area contributed by atoms with E-state index in [4.69, 9.17) is 9.47 Å². The van der Waals surface area contributed by atoms with Crippen molar-refractivity contribution in [3.05, 3.63) is 23.8 Å². The maximum atomic E-state index is 5.39. The third-order valence-electron chi connectivity index (χ3n) is 3.22. The van der Waals surface area contributed by atoms with Crippen molar-refractivity contribution in [1.82, 2.24) is 10.2 Å². The largest absolute Gasteiger partial charge is 0.497 e. The molecule has 4 nitrogen and oxygen atoms in total. The minimum Gasteiger partial charge on any atom is -0.497 e. The summed E-state index contributed by atoms with van der Waals surface area (Å²) < 4.78 is 10.7. The van der Waals surface area contributed by atoms with Gasteiger partial charge in [-0.1, -0.05) is 0 Å². The average molecular weight is 266 g/mol. The molecule has 1 aromatic rings. The molecular weight excluding hydrogens is 240 g/mol. The van der Waals surface area contributed by atoms with Gasteiger partial charge in [-0.15, -0.1) is 0 Å². The van der Waals surface area contributed by atoms with Crippen LogP contribution in [0, 0.1) is 0 Å². The van der Waals surface area contributed by atoms with Crippen LogP contribution in [0.4, 0.5) is 0 Å². The Balaban J connectivity index is 2.51. The van der Waals surface area contributed by atoms with Crippen molar-refractivity contribution in [2.75, 3.05) is 47.9 Å². The lowest BCUT2D eigenvalue weighted by molar-refractivity contribution is 0.329.